The lowest BCUT2D eigenvalue weighted by Crippen LogP contribution is -2.60. The van der Waals surface area contributed by atoms with E-state index in [1.54, 1.807) is 6.08 Å². The van der Waals surface area contributed by atoms with E-state index in [9.17, 15) is 35.1 Å². The molecule has 0 aromatic rings. The second kappa shape index (κ2) is 66.8. The van der Waals surface area contributed by atoms with Crippen LogP contribution in [0.15, 0.2) is 12.2 Å². The van der Waals surface area contributed by atoms with E-state index in [4.69, 9.17) is 14.2 Å². The van der Waals surface area contributed by atoms with Crippen LogP contribution in [0.25, 0.3) is 0 Å². The Kier molecular flexibility index (Phi) is 64.1. The summed E-state index contributed by atoms with van der Waals surface area (Å²) in [6.07, 6.45) is 73.9. The highest BCUT2D eigenvalue weighted by molar-refractivity contribution is 5.76. The molecule has 11 nitrogen and oxygen atoms in total. The topological polar surface area (TPSA) is 175 Å². The lowest BCUT2D eigenvalue weighted by Gasteiger charge is -2.40. The van der Waals surface area contributed by atoms with E-state index in [0.29, 0.717) is 19.4 Å². The molecule has 0 saturated carbocycles. The van der Waals surface area contributed by atoms with E-state index in [0.717, 1.165) is 51.4 Å². The van der Waals surface area contributed by atoms with Crippen molar-refractivity contribution in [1.29, 1.82) is 0 Å². The zero-order valence-electron chi connectivity index (χ0n) is 58.2. The van der Waals surface area contributed by atoms with Crippen molar-refractivity contribution in [2.45, 2.75) is 448 Å². The molecule has 1 amide bonds. The minimum Gasteiger partial charge on any atom is -0.466 e. The number of unbranched alkanes of at least 4 members (excludes halogenated alkanes) is 56. The number of carbonyl (C=O) groups is 2. The molecule has 88 heavy (non-hydrogen) atoms. The number of carbonyl (C=O) groups excluding carboxylic acids is 2. The van der Waals surface area contributed by atoms with Gasteiger partial charge in [-0.1, -0.05) is 373 Å². The monoisotopic (exact) mass is 1250 g/mol. The van der Waals surface area contributed by atoms with Crippen molar-refractivity contribution < 1.29 is 49.3 Å². The van der Waals surface area contributed by atoms with Crippen molar-refractivity contribution in [3.05, 3.63) is 12.2 Å². The molecule has 6 N–H and O–H groups in total. The molecule has 0 radical (unpaired) electrons. The van der Waals surface area contributed by atoms with E-state index in [-0.39, 0.29) is 18.5 Å². The van der Waals surface area contributed by atoms with Crippen LogP contribution in [0.4, 0.5) is 0 Å². The van der Waals surface area contributed by atoms with Gasteiger partial charge in [-0.25, -0.2) is 0 Å². The number of allylic oxidation sites excluding steroid dienone is 1. The van der Waals surface area contributed by atoms with Gasteiger partial charge in [0.2, 0.25) is 5.91 Å². The molecule has 0 aromatic heterocycles. The molecule has 1 aliphatic heterocycles. The van der Waals surface area contributed by atoms with E-state index in [1.807, 2.05) is 6.08 Å². The van der Waals surface area contributed by atoms with E-state index < -0.39 is 49.5 Å². The molecule has 7 atom stereocenters. The number of hydrogen-bond acceptors (Lipinski definition) is 10. The van der Waals surface area contributed by atoms with Crippen LogP contribution < -0.4 is 5.32 Å². The van der Waals surface area contributed by atoms with Gasteiger partial charge in [0, 0.05) is 12.8 Å². The van der Waals surface area contributed by atoms with Crippen LogP contribution in [0.1, 0.15) is 406 Å². The highest BCUT2D eigenvalue weighted by Crippen LogP contribution is 2.24. The van der Waals surface area contributed by atoms with Crippen molar-refractivity contribution in [3.8, 4) is 0 Å². The largest absolute Gasteiger partial charge is 0.466 e. The fourth-order valence-electron chi connectivity index (χ4n) is 12.8. The third-order valence-electron chi connectivity index (χ3n) is 18.9. The summed E-state index contributed by atoms with van der Waals surface area (Å²) >= 11 is 0. The van der Waals surface area contributed by atoms with Gasteiger partial charge in [-0.15, -0.1) is 0 Å². The standard InChI is InChI=1S/C77H149NO10/c1-3-5-7-9-11-13-15-16-38-42-45-49-53-57-61-65-73(82)86-66-62-58-54-50-46-43-40-37-35-33-31-29-27-25-23-21-19-17-18-20-22-24-26-28-30-32-34-36-39-41-44-48-52-56-60-64-72(81)78-69(68-87-77-76(85)75(84)74(83)71(67-79)88-77)70(80)63-59-55-51-47-14-12-10-8-6-4-2/h59,63,69-71,74-77,79-80,83-85H,3-58,60-62,64-68H2,1-2H3,(H,78,81)/b63-59+. The number of rotatable bonds is 70. The summed E-state index contributed by atoms with van der Waals surface area (Å²) in [6.45, 7) is 4.39. The Morgan fingerprint density at radius 3 is 1.06 bits per heavy atom. The molecular formula is C77H149NO10. The molecule has 0 bridgehead atoms. The minimum absolute atomic E-state index is 0.0198. The summed E-state index contributed by atoms with van der Waals surface area (Å²) in [5.41, 5.74) is 0. The van der Waals surface area contributed by atoms with Crippen molar-refractivity contribution >= 4 is 11.9 Å². The quantitative estimate of drug-likeness (QED) is 0.0195. The van der Waals surface area contributed by atoms with Crippen molar-refractivity contribution in [3.63, 3.8) is 0 Å². The molecule has 1 rings (SSSR count). The fourth-order valence-corrected chi connectivity index (χ4v) is 12.8. The van der Waals surface area contributed by atoms with Crippen molar-refractivity contribution in [2.24, 2.45) is 0 Å². The molecule has 1 fully saturated rings. The van der Waals surface area contributed by atoms with Gasteiger partial charge in [0.15, 0.2) is 6.29 Å². The average Bonchev–Trinajstić information content (AvgIpc) is 1.96. The lowest BCUT2D eigenvalue weighted by molar-refractivity contribution is -0.302. The summed E-state index contributed by atoms with van der Waals surface area (Å²) in [7, 11) is 0. The summed E-state index contributed by atoms with van der Waals surface area (Å²) in [6, 6.07) is -0.804. The highest BCUT2D eigenvalue weighted by Gasteiger charge is 2.44. The van der Waals surface area contributed by atoms with Gasteiger partial charge in [0.05, 0.1) is 32.0 Å². The molecule has 11 heteroatoms. The molecule has 0 aliphatic carbocycles. The maximum Gasteiger partial charge on any atom is 0.305 e. The van der Waals surface area contributed by atoms with Crippen LogP contribution in [0.5, 0.6) is 0 Å². The molecule has 1 saturated heterocycles. The van der Waals surface area contributed by atoms with Gasteiger partial charge in [-0.05, 0) is 32.1 Å². The zero-order valence-corrected chi connectivity index (χ0v) is 58.2. The summed E-state index contributed by atoms with van der Waals surface area (Å²) in [5, 5.41) is 54.4. The Bertz CT molecular complexity index is 1460. The molecule has 0 aromatic carbocycles. The van der Waals surface area contributed by atoms with Gasteiger partial charge in [-0.3, -0.25) is 9.59 Å². The second-order valence-corrected chi connectivity index (χ2v) is 27.4. The third-order valence-corrected chi connectivity index (χ3v) is 18.9. The molecular weight excluding hydrogens is 1100 g/mol. The van der Waals surface area contributed by atoms with E-state index in [1.165, 1.54) is 327 Å². The lowest BCUT2D eigenvalue weighted by atomic mass is 9.99. The first kappa shape index (κ1) is 84.4. The predicted molar refractivity (Wildman–Crippen MR) is 371 cm³/mol. The number of esters is 1. The summed E-state index contributed by atoms with van der Waals surface area (Å²) < 4.78 is 16.8. The Labute approximate surface area is 544 Å². The second-order valence-electron chi connectivity index (χ2n) is 27.4. The van der Waals surface area contributed by atoms with Crippen LogP contribution in [0, 0.1) is 0 Å². The highest BCUT2D eigenvalue weighted by atomic mass is 16.7. The number of aliphatic hydroxyl groups is 5. The predicted octanol–water partition coefficient (Wildman–Crippen LogP) is 20.6. The van der Waals surface area contributed by atoms with Gasteiger partial charge in [0.25, 0.3) is 0 Å². The van der Waals surface area contributed by atoms with E-state index in [2.05, 4.69) is 19.2 Å². The van der Waals surface area contributed by atoms with Gasteiger partial charge >= 0.3 is 5.97 Å². The molecule has 1 aliphatic rings. The summed E-state index contributed by atoms with van der Waals surface area (Å²) in [4.78, 5) is 25.1. The Balaban J connectivity index is 1.86. The third kappa shape index (κ3) is 54.9. The number of hydrogen-bond donors (Lipinski definition) is 6. The first-order valence-electron chi connectivity index (χ1n) is 39.0. The first-order chi connectivity index (χ1) is 43.2. The number of nitrogens with one attached hydrogen (secondary N) is 1. The Hall–Kier alpha value is -1.60. The SMILES string of the molecule is CCCCCCCCCC/C=C/C(O)C(COC1OC(CO)C(O)C(O)C1O)NC(=O)CCCCCCCCCCCCCCCCCCCCCCCCCCCCCCCCCCCCCOC(=O)CCCCCCCCCCCCCCCCC. The van der Waals surface area contributed by atoms with Crippen LogP contribution in [0.3, 0.4) is 0 Å². The maximum absolute atomic E-state index is 13.0. The van der Waals surface area contributed by atoms with Crippen LogP contribution >= 0.6 is 0 Å². The molecule has 1 heterocycles. The van der Waals surface area contributed by atoms with E-state index >= 15 is 0 Å². The van der Waals surface area contributed by atoms with Gasteiger partial charge in [-0.2, -0.15) is 0 Å². The minimum atomic E-state index is -1.57. The molecule has 0 spiro atoms. The average molecular weight is 1250 g/mol. The van der Waals surface area contributed by atoms with Gasteiger partial charge in [0.1, 0.15) is 24.4 Å². The maximum atomic E-state index is 13.0. The fraction of sp³-hybridized carbons (Fsp3) is 0.948. The van der Waals surface area contributed by atoms with Crippen LogP contribution in [-0.2, 0) is 23.8 Å². The normalized spacial score (nSPS) is 17.7. The van der Waals surface area contributed by atoms with Gasteiger partial charge < -0.3 is 45.1 Å². The Morgan fingerprint density at radius 2 is 0.716 bits per heavy atom. The first-order valence-corrected chi connectivity index (χ1v) is 39.0. The molecule has 7 unspecified atom stereocenters. The van der Waals surface area contributed by atoms with Crippen molar-refractivity contribution in [1.82, 2.24) is 5.32 Å². The van der Waals surface area contributed by atoms with Crippen LogP contribution in [0.2, 0.25) is 0 Å². The number of aliphatic hydroxyl groups excluding tert-OH is 5. The number of ether oxygens (including phenoxy) is 3. The number of amides is 1. The zero-order chi connectivity index (χ0) is 63.7. The van der Waals surface area contributed by atoms with Crippen molar-refractivity contribution in [2.75, 3.05) is 19.8 Å². The summed E-state index contributed by atoms with van der Waals surface area (Å²) in [5.74, 6) is -0.155. The Morgan fingerprint density at radius 1 is 0.409 bits per heavy atom. The van der Waals surface area contributed by atoms with Crippen LogP contribution in [-0.4, -0.2) is 100 Å². The smallest absolute Gasteiger partial charge is 0.305 e. The molecule has 522 valence electrons.